The Kier molecular flexibility index (Phi) is 4.21. The maximum Gasteiger partial charge on any atom is 0.258 e. The molecule has 1 aromatic heterocycles. The molecule has 2 heterocycles. The number of hydrogen-bond donors (Lipinski definition) is 0. The highest BCUT2D eigenvalue weighted by molar-refractivity contribution is 5.82. The number of rotatable bonds is 4. The Morgan fingerprint density at radius 2 is 2.00 bits per heavy atom. The minimum absolute atomic E-state index is 0.186. The van der Waals surface area contributed by atoms with E-state index in [2.05, 4.69) is 43.0 Å². The first kappa shape index (κ1) is 15.9. The van der Waals surface area contributed by atoms with Gasteiger partial charge in [-0.05, 0) is 67.1 Å². The van der Waals surface area contributed by atoms with E-state index >= 15 is 0 Å². The summed E-state index contributed by atoms with van der Waals surface area (Å²) in [6.07, 6.45) is 6.93. The summed E-state index contributed by atoms with van der Waals surface area (Å²) in [4.78, 5) is 15.5. The van der Waals surface area contributed by atoms with Gasteiger partial charge in [0.2, 0.25) is 0 Å². The Morgan fingerprint density at radius 3 is 2.75 bits per heavy atom. The summed E-state index contributed by atoms with van der Waals surface area (Å²) in [5.41, 5.74) is 1.59. The van der Waals surface area contributed by atoms with Crippen LogP contribution in [-0.4, -0.2) is 29.1 Å². The molecule has 0 unspecified atom stereocenters. The van der Waals surface area contributed by atoms with Crippen molar-refractivity contribution in [3.8, 4) is 0 Å². The van der Waals surface area contributed by atoms with E-state index in [-0.39, 0.29) is 5.56 Å². The standard InChI is InChI=1S/C21H28N2O/c1-15(2)13-22-10-3-4-19(14-22)23-11-9-18-12-17(16-5-6-16)7-8-20(18)21(23)24/h7-9,11-12,15-16,19H,3-6,10,13-14H2,1-2H3/t19-/m1/s1. The Bertz CT molecular complexity index is 788. The molecule has 1 aliphatic heterocycles. The van der Waals surface area contributed by atoms with Crippen LogP contribution in [0.2, 0.25) is 0 Å². The van der Waals surface area contributed by atoms with E-state index in [9.17, 15) is 4.79 Å². The summed E-state index contributed by atoms with van der Waals surface area (Å²) < 4.78 is 1.99. The fourth-order valence-corrected chi connectivity index (χ4v) is 4.18. The first-order chi connectivity index (χ1) is 11.6. The number of fused-ring (bicyclic) bond motifs is 1. The minimum Gasteiger partial charge on any atom is -0.311 e. The maximum absolute atomic E-state index is 13.0. The molecule has 1 atom stereocenters. The van der Waals surface area contributed by atoms with Gasteiger partial charge in [0.15, 0.2) is 0 Å². The van der Waals surface area contributed by atoms with Crippen molar-refractivity contribution in [3.63, 3.8) is 0 Å². The molecule has 1 aromatic carbocycles. The third-order valence-electron chi connectivity index (χ3n) is 5.50. The van der Waals surface area contributed by atoms with Gasteiger partial charge in [-0.2, -0.15) is 0 Å². The second-order valence-corrected chi connectivity index (χ2v) is 8.10. The zero-order valence-electron chi connectivity index (χ0n) is 14.9. The normalized spacial score (nSPS) is 22.4. The number of hydrogen-bond acceptors (Lipinski definition) is 2. The molecule has 2 fully saturated rings. The van der Waals surface area contributed by atoms with Gasteiger partial charge in [0.05, 0.1) is 0 Å². The van der Waals surface area contributed by atoms with Crippen LogP contribution in [0.4, 0.5) is 0 Å². The molecule has 2 aromatic rings. The lowest BCUT2D eigenvalue weighted by Gasteiger charge is -2.34. The lowest BCUT2D eigenvalue weighted by molar-refractivity contribution is 0.160. The first-order valence-corrected chi connectivity index (χ1v) is 9.49. The number of aromatic nitrogens is 1. The molecule has 128 valence electrons. The van der Waals surface area contributed by atoms with Gasteiger partial charge in [0.1, 0.15) is 0 Å². The molecule has 0 radical (unpaired) electrons. The van der Waals surface area contributed by atoms with Crippen LogP contribution >= 0.6 is 0 Å². The summed E-state index contributed by atoms with van der Waals surface area (Å²) in [5, 5.41) is 1.98. The molecule has 3 nitrogen and oxygen atoms in total. The molecule has 2 aliphatic rings. The van der Waals surface area contributed by atoms with E-state index < -0.39 is 0 Å². The van der Waals surface area contributed by atoms with Crippen LogP contribution in [0.3, 0.4) is 0 Å². The number of benzene rings is 1. The quantitative estimate of drug-likeness (QED) is 0.843. The van der Waals surface area contributed by atoms with Gasteiger partial charge in [-0.1, -0.05) is 26.0 Å². The topological polar surface area (TPSA) is 25.2 Å². The van der Waals surface area contributed by atoms with Crippen LogP contribution in [0.1, 0.15) is 57.1 Å². The lowest BCUT2D eigenvalue weighted by atomic mass is 10.0. The fourth-order valence-electron chi connectivity index (χ4n) is 4.18. The molecule has 0 bridgehead atoms. The van der Waals surface area contributed by atoms with E-state index in [1.165, 1.54) is 31.4 Å². The highest BCUT2D eigenvalue weighted by atomic mass is 16.1. The smallest absolute Gasteiger partial charge is 0.258 e. The van der Waals surface area contributed by atoms with Crippen LogP contribution < -0.4 is 5.56 Å². The van der Waals surface area contributed by atoms with Crippen LogP contribution in [-0.2, 0) is 0 Å². The fraction of sp³-hybridized carbons (Fsp3) is 0.571. The van der Waals surface area contributed by atoms with Crippen molar-refractivity contribution in [1.29, 1.82) is 0 Å². The minimum atomic E-state index is 0.186. The van der Waals surface area contributed by atoms with Gasteiger partial charge in [-0.15, -0.1) is 0 Å². The Labute approximate surface area is 144 Å². The van der Waals surface area contributed by atoms with Gasteiger partial charge >= 0.3 is 0 Å². The van der Waals surface area contributed by atoms with Gasteiger partial charge < -0.3 is 9.47 Å². The Morgan fingerprint density at radius 1 is 1.17 bits per heavy atom. The van der Waals surface area contributed by atoms with Crippen LogP contribution in [0.25, 0.3) is 10.8 Å². The number of likely N-dealkylation sites (tertiary alicyclic amines) is 1. The van der Waals surface area contributed by atoms with E-state index in [1.54, 1.807) is 0 Å². The number of piperidine rings is 1. The molecule has 0 spiro atoms. The van der Waals surface area contributed by atoms with Crippen molar-refractivity contribution in [2.75, 3.05) is 19.6 Å². The zero-order valence-corrected chi connectivity index (χ0v) is 14.9. The highest BCUT2D eigenvalue weighted by Gasteiger charge is 2.25. The molecule has 1 saturated carbocycles. The van der Waals surface area contributed by atoms with Crippen molar-refractivity contribution in [3.05, 3.63) is 46.4 Å². The van der Waals surface area contributed by atoms with Crippen molar-refractivity contribution >= 4 is 10.8 Å². The number of pyridine rings is 1. The molecule has 1 aliphatic carbocycles. The predicted molar refractivity (Wildman–Crippen MR) is 99.7 cm³/mol. The average Bonchev–Trinajstić information content (AvgIpc) is 3.39. The summed E-state index contributed by atoms with van der Waals surface area (Å²) in [7, 11) is 0. The number of nitrogens with zero attached hydrogens (tertiary/aromatic N) is 2. The average molecular weight is 324 g/mol. The van der Waals surface area contributed by atoms with E-state index in [0.29, 0.717) is 12.0 Å². The van der Waals surface area contributed by atoms with Crippen LogP contribution in [0, 0.1) is 5.92 Å². The Balaban J connectivity index is 1.63. The molecular weight excluding hydrogens is 296 g/mol. The third-order valence-corrected chi connectivity index (χ3v) is 5.50. The van der Waals surface area contributed by atoms with Gasteiger partial charge in [0.25, 0.3) is 5.56 Å². The summed E-state index contributed by atoms with van der Waals surface area (Å²) in [5.74, 6) is 1.41. The predicted octanol–water partition coefficient (Wildman–Crippen LogP) is 4.17. The second kappa shape index (κ2) is 6.36. The Hall–Kier alpha value is -1.61. The summed E-state index contributed by atoms with van der Waals surface area (Å²) in [6, 6.07) is 8.90. The summed E-state index contributed by atoms with van der Waals surface area (Å²) >= 11 is 0. The molecule has 0 N–H and O–H groups in total. The zero-order chi connectivity index (χ0) is 16.7. The highest BCUT2D eigenvalue weighted by Crippen LogP contribution is 2.40. The molecular formula is C21H28N2O. The van der Waals surface area contributed by atoms with Gasteiger partial charge in [0, 0.05) is 30.7 Å². The monoisotopic (exact) mass is 324 g/mol. The van der Waals surface area contributed by atoms with Crippen molar-refractivity contribution in [2.24, 2.45) is 5.92 Å². The molecule has 4 rings (SSSR count). The lowest BCUT2D eigenvalue weighted by Crippen LogP contribution is -2.41. The molecule has 1 saturated heterocycles. The van der Waals surface area contributed by atoms with E-state index in [1.807, 2.05) is 10.8 Å². The van der Waals surface area contributed by atoms with Crippen molar-refractivity contribution in [1.82, 2.24) is 9.47 Å². The maximum atomic E-state index is 13.0. The van der Waals surface area contributed by atoms with Crippen molar-refractivity contribution < 1.29 is 0 Å². The van der Waals surface area contributed by atoms with Crippen LogP contribution in [0.5, 0.6) is 0 Å². The largest absolute Gasteiger partial charge is 0.311 e. The second-order valence-electron chi connectivity index (χ2n) is 8.10. The van der Waals surface area contributed by atoms with Gasteiger partial charge in [-0.3, -0.25) is 4.79 Å². The SMILES string of the molecule is CC(C)CN1CCC[C@@H](n2ccc3cc(C4CC4)ccc3c2=O)C1. The first-order valence-electron chi connectivity index (χ1n) is 9.49. The van der Waals surface area contributed by atoms with E-state index in [4.69, 9.17) is 0 Å². The van der Waals surface area contributed by atoms with Crippen molar-refractivity contribution in [2.45, 2.75) is 51.5 Å². The van der Waals surface area contributed by atoms with Crippen LogP contribution in [0.15, 0.2) is 35.3 Å². The van der Waals surface area contributed by atoms with Gasteiger partial charge in [-0.25, -0.2) is 0 Å². The molecule has 0 amide bonds. The third kappa shape index (κ3) is 3.14. The molecule has 3 heteroatoms. The summed E-state index contributed by atoms with van der Waals surface area (Å²) in [6.45, 7) is 7.83. The molecule has 24 heavy (non-hydrogen) atoms. The van der Waals surface area contributed by atoms with E-state index in [0.717, 1.165) is 36.2 Å².